The Kier molecular flexibility index (Phi) is 17.9. The number of carbonyl (C=O) groups is 1. The predicted molar refractivity (Wildman–Crippen MR) is 40.9 cm³/mol. The van der Waals surface area contributed by atoms with Gasteiger partial charge in [0.05, 0.1) is 12.7 Å². The van der Waals surface area contributed by atoms with Crippen LogP contribution in [-0.4, -0.2) is 44.3 Å². The van der Waals surface area contributed by atoms with E-state index < -0.39 is 17.2 Å². The molecule has 0 aliphatic rings. The van der Waals surface area contributed by atoms with Crippen LogP contribution in [0.3, 0.4) is 0 Å². The first kappa shape index (κ1) is 17.6. The van der Waals surface area contributed by atoms with Crippen LogP contribution >= 0.6 is 0 Å². The molecule has 0 aromatic heterocycles. The van der Waals surface area contributed by atoms with Crippen molar-refractivity contribution in [3.8, 4) is 0 Å². The van der Waals surface area contributed by atoms with Gasteiger partial charge in [0, 0.05) is 6.92 Å². The molecule has 0 aromatic carbocycles. The van der Waals surface area contributed by atoms with Crippen LogP contribution in [0.25, 0.3) is 0 Å². The second-order valence-corrected chi connectivity index (χ2v) is 1.79. The van der Waals surface area contributed by atoms with E-state index in [0.29, 0.717) is 0 Å². The fourth-order valence-corrected chi connectivity index (χ4v) is 0. The second kappa shape index (κ2) is 13.2. The lowest BCUT2D eigenvalue weighted by Gasteiger charge is -1.90. The van der Waals surface area contributed by atoms with Gasteiger partial charge in [0.2, 0.25) is 0 Å². The first-order valence-electron chi connectivity index (χ1n) is 3.05. The van der Waals surface area contributed by atoms with Gasteiger partial charge in [-0.3, -0.25) is 4.79 Å². The van der Waals surface area contributed by atoms with Crippen molar-refractivity contribution in [2.75, 3.05) is 6.61 Å². The first-order valence-corrected chi connectivity index (χ1v) is 3.05. The normalized spacial score (nSPS) is 9.54. The third-order valence-electron chi connectivity index (χ3n) is 0.264. The van der Waals surface area contributed by atoms with Crippen molar-refractivity contribution >= 4 is 5.97 Å². The summed E-state index contributed by atoms with van der Waals surface area (Å²) in [5, 5.41) is 37.1. The maximum Gasteiger partial charge on any atom is 0.300 e. The van der Waals surface area contributed by atoms with Gasteiger partial charge in [-0.1, -0.05) is 0 Å². The molecule has 8 nitrogen and oxygen atoms in total. The average Bonchev–Trinajstić information content (AvgIpc) is 1.84. The third kappa shape index (κ3) is 2240. The summed E-state index contributed by atoms with van der Waals surface area (Å²) in [7, 11) is 0. The molecule has 0 aliphatic carbocycles. The molecule has 0 radical (unpaired) electrons. The van der Waals surface area contributed by atoms with Crippen molar-refractivity contribution in [3.63, 3.8) is 0 Å². The molecule has 1 atom stereocenters. The van der Waals surface area contributed by atoms with Gasteiger partial charge in [-0.05, 0) is 6.92 Å². The lowest BCUT2D eigenvalue weighted by atomic mass is 10.5. The van der Waals surface area contributed by atoms with E-state index in [9.17, 15) is 0 Å². The number of aliphatic hydroxyl groups excluding tert-OH is 2. The summed E-state index contributed by atoms with van der Waals surface area (Å²) in [6.07, 6.45) is -0.560. The molecule has 4 N–H and O–H groups in total. The standard InChI is InChI=1S/C3H8O2.C2H4O2.HNO3/c1-3(5)2-4;1-2(3)4;2-1(3)4/h3-5H,2H2,1H3;1H3,(H,3,4);(H,2,3,4). The molecule has 0 aliphatic heterocycles. The molecule has 0 spiro atoms. The van der Waals surface area contributed by atoms with Crippen LogP contribution in [0.2, 0.25) is 0 Å². The average molecular weight is 199 g/mol. The highest BCUT2D eigenvalue weighted by atomic mass is 16.9. The molecule has 8 heteroatoms. The van der Waals surface area contributed by atoms with Crippen LogP contribution < -0.4 is 0 Å². The number of rotatable bonds is 1. The monoisotopic (exact) mass is 199 g/mol. The maximum absolute atomic E-state index is 9.00. The second-order valence-electron chi connectivity index (χ2n) is 1.79. The van der Waals surface area contributed by atoms with Crippen molar-refractivity contribution in [2.45, 2.75) is 20.0 Å². The van der Waals surface area contributed by atoms with E-state index in [4.69, 9.17) is 35.4 Å². The van der Waals surface area contributed by atoms with E-state index >= 15 is 0 Å². The molecule has 13 heavy (non-hydrogen) atoms. The number of aliphatic carboxylic acids is 1. The van der Waals surface area contributed by atoms with Crippen LogP contribution in [0, 0.1) is 10.1 Å². The Hall–Kier alpha value is -1.41. The Morgan fingerprint density at radius 2 is 1.69 bits per heavy atom. The SMILES string of the molecule is CC(=O)O.CC(O)CO.O=[N+]([O-])O. The minimum absolute atomic E-state index is 0.139. The summed E-state index contributed by atoms with van der Waals surface area (Å²) in [6.45, 7) is 2.47. The highest BCUT2D eigenvalue weighted by Crippen LogP contribution is 1.68. The molecule has 0 bridgehead atoms. The van der Waals surface area contributed by atoms with Crippen LogP contribution in [-0.2, 0) is 4.79 Å². The zero-order chi connectivity index (χ0) is 11.4. The summed E-state index contributed by atoms with van der Waals surface area (Å²) in [5.74, 6) is -0.833. The van der Waals surface area contributed by atoms with Crippen molar-refractivity contribution < 1.29 is 30.4 Å². The topological polar surface area (TPSA) is 141 Å². The Morgan fingerprint density at radius 1 is 1.62 bits per heavy atom. The van der Waals surface area contributed by atoms with Gasteiger partial charge in [0.25, 0.3) is 11.1 Å². The van der Waals surface area contributed by atoms with E-state index in [0.717, 1.165) is 6.92 Å². The summed E-state index contributed by atoms with van der Waals surface area (Å²) in [4.78, 5) is 17.4. The minimum atomic E-state index is -1.50. The number of nitrogens with zero attached hydrogens (tertiary/aromatic N) is 1. The van der Waals surface area contributed by atoms with Crippen molar-refractivity contribution in [2.24, 2.45) is 0 Å². The fourth-order valence-electron chi connectivity index (χ4n) is 0. The smallest absolute Gasteiger partial charge is 0.300 e. The fraction of sp³-hybridized carbons (Fsp3) is 0.800. The largest absolute Gasteiger partial charge is 0.481 e. The molecule has 0 fully saturated rings. The van der Waals surface area contributed by atoms with Gasteiger partial charge < -0.3 is 20.5 Å². The lowest BCUT2D eigenvalue weighted by molar-refractivity contribution is -0.742. The van der Waals surface area contributed by atoms with Crippen LogP contribution in [0.4, 0.5) is 0 Å². The van der Waals surface area contributed by atoms with E-state index in [2.05, 4.69) is 0 Å². The molecule has 0 saturated carbocycles. The van der Waals surface area contributed by atoms with E-state index in [1.54, 1.807) is 0 Å². The molecule has 0 rings (SSSR count). The van der Waals surface area contributed by atoms with E-state index in [1.807, 2.05) is 0 Å². The Labute approximate surface area is 74.2 Å². The first-order chi connectivity index (χ1) is 5.73. The highest BCUT2D eigenvalue weighted by molar-refractivity contribution is 5.62. The van der Waals surface area contributed by atoms with Gasteiger partial charge in [-0.2, -0.15) is 0 Å². The van der Waals surface area contributed by atoms with Gasteiger partial charge >= 0.3 is 0 Å². The van der Waals surface area contributed by atoms with Crippen LogP contribution in [0.1, 0.15) is 13.8 Å². The summed E-state index contributed by atoms with van der Waals surface area (Å²) in [5.41, 5.74) is 0. The Bertz CT molecular complexity index is 115. The van der Waals surface area contributed by atoms with Crippen molar-refractivity contribution in [1.82, 2.24) is 0 Å². The van der Waals surface area contributed by atoms with Gasteiger partial charge in [0.15, 0.2) is 0 Å². The molecule has 80 valence electrons. The predicted octanol–water partition coefficient (Wildman–Crippen LogP) is -0.897. The van der Waals surface area contributed by atoms with Gasteiger partial charge in [-0.25, -0.2) is 0 Å². The molecule has 0 heterocycles. The summed E-state index contributed by atoms with van der Waals surface area (Å²) in [6, 6.07) is 0. The number of aliphatic hydroxyl groups is 2. The zero-order valence-electron chi connectivity index (χ0n) is 7.25. The zero-order valence-corrected chi connectivity index (χ0v) is 7.25. The Morgan fingerprint density at radius 3 is 1.69 bits per heavy atom. The molecule has 1 unspecified atom stereocenters. The number of carboxylic acids is 1. The van der Waals surface area contributed by atoms with Gasteiger partial charge in [0.1, 0.15) is 0 Å². The van der Waals surface area contributed by atoms with Crippen molar-refractivity contribution in [3.05, 3.63) is 10.1 Å². The quantitative estimate of drug-likeness (QED) is 0.316. The van der Waals surface area contributed by atoms with E-state index in [1.165, 1.54) is 6.92 Å². The lowest BCUT2D eigenvalue weighted by Crippen LogP contribution is -2.03. The third-order valence-corrected chi connectivity index (χ3v) is 0.264. The van der Waals surface area contributed by atoms with Crippen LogP contribution in [0.5, 0.6) is 0 Å². The van der Waals surface area contributed by atoms with E-state index in [-0.39, 0.29) is 6.61 Å². The molecule has 0 aromatic rings. The molecule has 0 amide bonds. The van der Waals surface area contributed by atoms with Crippen LogP contribution in [0.15, 0.2) is 0 Å². The number of hydrogen-bond acceptors (Lipinski definition) is 5. The molecular weight excluding hydrogens is 186 g/mol. The Balaban J connectivity index is -0.000000117. The summed E-state index contributed by atoms with van der Waals surface area (Å²) < 4.78 is 0. The number of carboxylic acid groups (broad SMARTS) is 1. The maximum atomic E-state index is 9.00. The minimum Gasteiger partial charge on any atom is -0.481 e. The van der Waals surface area contributed by atoms with Crippen molar-refractivity contribution in [1.29, 1.82) is 0 Å². The molecule has 0 saturated heterocycles. The molecular formula is C5H13NO7. The number of hydrogen-bond donors (Lipinski definition) is 4. The van der Waals surface area contributed by atoms with Gasteiger partial charge in [-0.15, -0.1) is 10.1 Å². The highest BCUT2D eigenvalue weighted by Gasteiger charge is 1.83. The summed E-state index contributed by atoms with van der Waals surface area (Å²) >= 11 is 0.